The highest BCUT2D eigenvalue weighted by atomic mass is 35.5. The van der Waals surface area contributed by atoms with Crippen molar-refractivity contribution in [2.75, 3.05) is 0 Å². The molecular weight excluding hydrogens is 308 g/mol. The van der Waals surface area contributed by atoms with Gasteiger partial charge in [0.05, 0.1) is 29.1 Å². The molecular formula is C13H11ClN6O2. The molecule has 0 N–H and O–H groups in total. The molecule has 3 heterocycles. The Kier molecular flexibility index (Phi) is 3.45. The van der Waals surface area contributed by atoms with E-state index in [1.807, 2.05) is 0 Å². The van der Waals surface area contributed by atoms with Gasteiger partial charge in [0.2, 0.25) is 0 Å². The van der Waals surface area contributed by atoms with Crippen molar-refractivity contribution in [3.63, 3.8) is 0 Å². The van der Waals surface area contributed by atoms with Crippen LogP contribution in [0.4, 0.5) is 5.69 Å². The van der Waals surface area contributed by atoms with Gasteiger partial charge in [-0.3, -0.25) is 15.1 Å². The summed E-state index contributed by atoms with van der Waals surface area (Å²) in [5.41, 5.74) is 2.79. The first-order valence-corrected chi connectivity index (χ1v) is 6.77. The summed E-state index contributed by atoms with van der Waals surface area (Å²) >= 11 is 5.96. The first kappa shape index (κ1) is 14.3. The topological polar surface area (TPSA) is 99.6 Å². The fourth-order valence-corrected chi connectivity index (χ4v) is 2.51. The average Bonchev–Trinajstić information content (AvgIpc) is 2.86. The first-order valence-electron chi connectivity index (χ1n) is 6.40. The largest absolute Gasteiger partial charge is 0.309 e. The van der Waals surface area contributed by atoms with Gasteiger partial charge >= 0.3 is 0 Å². The number of pyridine rings is 1. The number of nitrogens with zero attached hydrogens (tertiary/aromatic N) is 6. The summed E-state index contributed by atoms with van der Waals surface area (Å²) < 4.78 is 1.73. The Hall–Kier alpha value is -2.61. The lowest BCUT2D eigenvalue weighted by atomic mass is 10.1. The zero-order valence-electron chi connectivity index (χ0n) is 11.8. The van der Waals surface area contributed by atoms with Crippen LogP contribution in [0.5, 0.6) is 0 Å². The Bertz CT molecular complexity index is 892. The predicted molar refractivity (Wildman–Crippen MR) is 79.8 cm³/mol. The number of halogens is 1. The van der Waals surface area contributed by atoms with Gasteiger partial charge in [-0.2, -0.15) is 0 Å². The molecule has 0 saturated heterocycles. The van der Waals surface area contributed by atoms with E-state index in [1.165, 1.54) is 12.5 Å². The lowest BCUT2D eigenvalue weighted by molar-refractivity contribution is -0.386. The number of rotatable bonds is 3. The van der Waals surface area contributed by atoms with E-state index in [1.54, 1.807) is 24.7 Å². The number of fused-ring (bicyclic) bond motifs is 1. The first-order chi connectivity index (χ1) is 10.5. The van der Waals surface area contributed by atoms with Gasteiger partial charge < -0.3 is 4.57 Å². The highest BCUT2D eigenvalue weighted by Gasteiger charge is 2.19. The lowest BCUT2D eigenvalue weighted by Gasteiger charge is -2.08. The summed E-state index contributed by atoms with van der Waals surface area (Å²) in [5, 5.41) is 11.4. The van der Waals surface area contributed by atoms with Crippen LogP contribution >= 0.6 is 11.6 Å². The molecule has 8 nitrogen and oxygen atoms in total. The van der Waals surface area contributed by atoms with Crippen molar-refractivity contribution in [3.8, 4) is 0 Å². The van der Waals surface area contributed by atoms with Crippen LogP contribution in [0.3, 0.4) is 0 Å². The molecule has 0 atom stereocenters. The van der Waals surface area contributed by atoms with E-state index in [0.29, 0.717) is 34.5 Å². The molecule has 0 bridgehead atoms. The Morgan fingerprint density at radius 2 is 2.05 bits per heavy atom. The van der Waals surface area contributed by atoms with Crippen LogP contribution in [-0.2, 0) is 6.54 Å². The summed E-state index contributed by atoms with van der Waals surface area (Å²) in [4.78, 5) is 27.3. The number of imidazole rings is 1. The van der Waals surface area contributed by atoms with Gasteiger partial charge in [-0.05, 0) is 13.8 Å². The van der Waals surface area contributed by atoms with E-state index in [4.69, 9.17) is 11.6 Å². The molecule has 0 aromatic carbocycles. The summed E-state index contributed by atoms with van der Waals surface area (Å²) in [7, 11) is 0. The molecule has 0 amide bonds. The van der Waals surface area contributed by atoms with Gasteiger partial charge in [-0.1, -0.05) is 11.6 Å². The summed E-state index contributed by atoms with van der Waals surface area (Å²) in [6.45, 7) is 3.67. The molecule has 0 unspecified atom stereocenters. The van der Waals surface area contributed by atoms with Crippen molar-refractivity contribution in [1.82, 2.24) is 24.5 Å². The molecule has 3 aromatic rings. The second kappa shape index (κ2) is 5.30. The minimum atomic E-state index is -0.388. The molecule has 0 aliphatic heterocycles. The van der Waals surface area contributed by atoms with Gasteiger partial charge in [0.1, 0.15) is 11.8 Å². The minimum Gasteiger partial charge on any atom is -0.309 e. The second-order valence-electron chi connectivity index (χ2n) is 4.83. The van der Waals surface area contributed by atoms with Gasteiger partial charge in [-0.25, -0.2) is 15.0 Å². The van der Waals surface area contributed by atoms with Gasteiger partial charge in [-0.15, -0.1) is 0 Å². The van der Waals surface area contributed by atoms with Gasteiger partial charge in [0, 0.05) is 11.8 Å². The molecule has 0 radical (unpaired) electrons. The van der Waals surface area contributed by atoms with E-state index in [0.717, 1.165) is 0 Å². The minimum absolute atomic E-state index is 0.0853. The highest BCUT2D eigenvalue weighted by Crippen LogP contribution is 2.25. The standard InChI is InChI=1S/C13H11ClN6O2/c1-7-3-15-9(8(2)11(7)20(21)22)4-19-6-18-10-12(14)16-5-17-13(10)19/h3,5-6H,4H2,1-2H3. The highest BCUT2D eigenvalue weighted by molar-refractivity contribution is 6.33. The van der Waals surface area contributed by atoms with Crippen LogP contribution in [-0.4, -0.2) is 29.4 Å². The van der Waals surface area contributed by atoms with Crippen LogP contribution in [0.25, 0.3) is 11.2 Å². The van der Waals surface area contributed by atoms with E-state index >= 15 is 0 Å². The molecule has 0 spiro atoms. The Morgan fingerprint density at radius 3 is 2.77 bits per heavy atom. The number of hydrogen-bond acceptors (Lipinski definition) is 6. The summed E-state index contributed by atoms with van der Waals surface area (Å²) in [5.74, 6) is 0. The normalized spacial score (nSPS) is 11.0. The van der Waals surface area contributed by atoms with Crippen molar-refractivity contribution < 1.29 is 4.92 Å². The zero-order valence-corrected chi connectivity index (χ0v) is 12.6. The molecule has 3 aromatic heterocycles. The van der Waals surface area contributed by atoms with Crippen LogP contribution < -0.4 is 0 Å². The molecule has 0 fully saturated rings. The molecule has 3 rings (SSSR count). The number of aryl methyl sites for hydroxylation is 1. The third kappa shape index (κ3) is 2.27. The molecule has 112 valence electrons. The monoisotopic (exact) mass is 318 g/mol. The SMILES string of the molecule is Cc1cnc(Cn2cnc3c(Cl)ncnc32)c(C)c1[N+](=O)[O-]. The van der Waals surface area contributed by atoms with E-state index < -0.39 is 0 Å². The van der Waals surface area contributed by atoms with Crippen molar-refractivity contribution >= 4 is 28.5 Å². The lowest BCUT2D eigenvalue weighted by Crippen LogP contribution is -2.07. The van der Waals surface area contributed by atoms with Crippen molar-refractivity contribution in [3.05, 3.63) is 50.9 Å². The number of nitro groups is 1. The average molecular weight is 319 g/mol. The maximum Gasteiger partial charge on any atom is 0.278 e. The van der Waals surface area contributed by atoms with Crippen molar-refractivity contribution in [2.24, 2.45) is 0 Å². The summed E-state index contributed by atoms with van der Waals surface area (Å²) in [6.07, 6.45) is 4.42. The molecule has 22 heavy (non-hydrogen) atoms. The van der Waals surface area contributed by atoms with Crippen LogP contribution in [0.1, 0.15) is 16.8 Å². The number of aromatic nitrogens is 5. The third-order valence-corrected chi connectivity index (χ3v) is 3.71. The number of hydrogen-bond donors (Lipinski definition) is 0. The zero-order chi connectivity index (χ0) is 15.9. The maximum atomic E-state index is 11.2. The van der Waals surface area contributed by atoms with Crippen molar-refractivity contribution in [1.29, 1.82) is 0 Å². The Balaban J connectivity index is 2.08. The second-order valence-corrected chi connectivity index (χ2v) is 5.19. The Labute approximate surface area is 130 Å². The fraction of sp³-hybridized carbons (Fsp3) is 0.231. The van der Waals surface area contributed by atoms with Crippen LogP contribution in [0, 0.1) is 24.0 Å². The van der Waals surface area contributed by atoms with Gasteiger partial charge in [0.15, 0.2) is 10.8 Å². The molecule has 0 aliphatic carbocycles. The Morgan fingerprint density at radius 1 is 1.27 bits per heavy atom. The van der Waals surface area contributed by atoms with E-state index in [2.05, 4.69) is 19.9 Å². The van der Waals surface area contributed by atoms with E-state index in [-0.39, 0.29) is 15.8 Å². The molecule has 9 heteroatoms. The van der Waals surface area contributed by atoms with Gasteiger partial charge in [0.25, 0.3) is 5.69 Å². The maximum absolute atomic E-state index is 11.2. The molecule has 0 aliphatic rings. The third-order valence-electron chi connectivity index (χ3n) is 3.43. The fourth-order valence-electron chi connectivity index (χ4n) is 2.33. The van der Waals surface area contributed by atoms with Crippen molar-refractivity contribution in [2.45, 2.75) is 20.4 Å². The van der Waals surface area contributed by atoms with Crippen LogP contribution in [0.2, 0.25) is 5.15 Å². The smallest absolute Gasteiger partial charge is 0.278 e. The quantitative estimate of drug-likeness (QED) is 0.418. The van der Waals surface area contributed by atoms with E-state index in [9.17, 15) is 10.1 Å². The molecule has 0 saturated carbocycles. The summed E-state index contributed by atoms with van der Waals surface area (Å²) in [6, 6.07) is 0. The predicted octanol–water partition coefficient (Wildman–Crippen LogP) is 2.45. The van der Waals surface area contributed by atoms with Crippen LogP contribution in [0.15, 0.2) is 18.9 Å².